The number of carbonyl (C=O) groups excluding carboxylic acids is 1. The van der Waals surface area contributed by atoms with Gasteiger partial charge >= 0.3 is 6.18 Å². The Morgan fingerprint density at radius 3 is 2.24 bits per heavy atom. The minimum Gasteiger partial charge on any atom is -0.295 e. The Kier molecular flexibility index (Phi) is 4.47. The molecule has 1 heterocycles. The number of fused-ring (bicyclic) bond motifs is 1. The second-order valence-corrected chi connectivity index (χ2v) is 9.35. The number of alkyl halides is 3. The van der Waals surface area contributed by atoms with E-state index in [1.165, 1.54) is 24.3 Å². The van der Waals surface area contributed by atoms with Crippen LogP contribution in [-0.4, -0.2) is 31.2 Å². The van der Waals surface area contributed by atoms with Crippen molar-refractivity contribution in [2.45, 2.75) is 30.5 Å². The van der Waals surface area contributed by atoms with Crippen molar-refractivity contribution < 1.29 is 26.4 Å². The largest absolute Gasteiger partial charge is 0.400 e. The summed E-state index contributed by atoms with van der Waals surface area (Å²) in [5.41, 5.74) is -1.71. The number of nitrogens with zero attached hydrogens (tertiary/aromatic N) is 1. The summed E-state index contributed by atoms with van der Waals surface area (Å²) < 4.78 is 70.9. The number of allylic oxidation sites excluding steroid dienone is 1. The average molecular weight is 421 g/mol. The second-order valence-electron chi connectivity index (χ2n) is 7.46. The molecule has 1 aliphatic carbocycles. The van der Waals surface area contributed by atoms with Crippen molar-refractivity contribution in [1.29, 1.82) is 0 Å². The lowest BCUT2D eigenvalue weighted by atomic mass is 9.74. The summed E-state index contributed by atoms with van der Waals surface area (Å²) in [5.74, 6) is -0.634. The Hall–Kier alpha value is -2.45. The average Bonchev–Trinajstić information content (AvgIpc) is 3.15. The van der Waals surface area contributed by atoms with Gasteiger partial charge in [0.15, 0.2) is 5.78 Å². The van der Waals surface area contributed by atoms with E-state index in [1.54, 1.807) is 37.3 Å². The maximum atomic E-state index is 14.4. The first kappa shape index (κ1) is 19.8. The second kappa shape index (κ2) is 6.53. The van der Waals surface area contributed by atoms with Crippen LogP contribution in [0, 0.1) is 12.3 Å². The summed E-state index contributed by atoms with van der Waals surface area (Å²) in [7, 11) is -4.23. The predicted molar refractivity (Wildman–Crippen MR) is 100 cm³/mol. The standard InChI is InChI=1S/C21H18F3NO3S/c1-14-7-9-18(10-8-14)29(27,28)25-13-16-11-17(26)12-20(16,21(22,23)24)19(25)15-5-3-2-4-6-15/h2-11,19H,12-13H2,1H3/t19-,20+/m1/s1. The smallest absolute Gasteiger partial charge is 0.295 e. The maximum Gasteiger partial charge on any atom is 0.400 e. The Balaban J connectivity index is 1.94. The molecule has 152 valence electrons. The Morgan fingerprint density at radius 1 is 1.03 bits per heavy atom. The maximum absolute atomic E-state index is 14.4. The zero-order valence-corrected chi connectivity index (χ0v) is 16.3. The summed E-state index contributed by atoms with van der Waals surface area (Å²) in [4.78, 5) is 11.9. The van der Waals surface area contributed by atoms with Gasteiger partial charge in [0.25, 0.3) is 0 Å². The molecule has 29 heavy (non-hydrogen) atoms. The molecule has 0 saturated carbocycles. The number of carbonyl (C=O) groups is 1. The number of rotatable bonds is 3. The zero-order valence-electron chi connectivity index (χ0n) is 15.5. The van der Waals surface area contributed by atoms with E-state index in [0.717, 1.165) is 15.9 Å². The number of hydrogen-bond donors (Lipinski definition) is 0. The fraction of sp³-hybridized carbons (Fsp3) is 0.286. The summed E-state index contributed by atoms with van der Waals surface area (Å²) in [6, 6.07) is 12.2. The molecule has 0 amide bonds. The molecule has 2 aromatic rings. The van der Waals surface area contributed by atoms with Crippen molar-refractivity contribution in [1.82, 2.24) is 4.31 Å². The molecule has 4 nitrogen and oxygen atoms in total. The molecular formula is C21H18F3NO3S. The fourth-order valence-electron chi connectivity index (χ4n) is 4.32. The van der Waals surface area contributed by atoms with Gasteiger partial charge in [0.1, 0.15) is 5.41 Å². The van der Waals surface area contributed by atoms with E-state index in [0.29, 0.717) is 0 Å². The predicted octanol–water partition coefficient (Wildman–Crippen LogP) is 4.19. The molecule has 1 aliphatic heterocycles. The van der Waals surface area contributed by atoms with Crippen LogP contribution in [0.2, 0.25) is 0 Å². The molecule has 0 aromatic heterocycles. The third kappa shape index (κ3) is 2.93. The van der Waals surface area contributed by atoms with Gasteiger partial charge < -0.3 is 0 Å². The molecule has 0 N–H and O–H groups in total. The molecule has 2 aliphatic rings. The third-order valence-electron chi connectivity index (χ3n) is 5.69. The molecule has 0 bridgehead atoms. The van der Waals surface area contributed by atoms with Crippen LogP contribution >= 0.6 is 0 Å². The van der Waals surface area contributed by atoms with E-state index in [4.69, 9.17) is 0 Å². The van der Waals surface area contributed by atoms with Crippen LogP contribution in [0.15, 0.2) is 71.1 Å². The van der Waals surface area contributed by atoms with Gasteiger partial charge in [-0.2, -0.15) is 17.5 Å². The lowest BCUT2D eigenvalue weighted by Gasteiger charge is -2.37. The highest BCUT2D eigenvalue weighted by Gasteiger charge is 2.70. The van der Waals surface area contributed by atoms with E-state index >= 15 is 0 Å². The third-order valence-corrected chi connectivity index (χ3v) is 7.52. The van der Waals surface area contributed by atoms with Gasteiger partial charge in [-0.25, -0.2) is 8.42 Å². The number of halogens is 3. The molecule has 1 saturated heterocycles. The Labute approximate surface area is 166 Å². The molecule has 0 unspecified atom stereocenters. The summed E-state index contributed by atoms with van der Waals surface area (Å²) in [6.07, 6.45) is -4.61. The molecular weight excluding hydrogens is 403 g/mol. The van der Waals surface area contributed by atoms with E-state index in [1.807, 2.05) is 0 Å². The van der Waals surface area contributed by atoms with E-state index in [9.17, 15) is 26.4 Å². The van der Waals surface area contributed by atoms with Crippen molar-refractivity contribution in [3.63, 3.8) is 0 Å². The van der Waals surface area contributed by atoms with Gasteiger partial charge in [-0.05, 0) is 36.3 Å². The zero-order chi connectivity index (χ0) is 21.0. The number of benzene rings is 2. The minimum absolute atomic E-state index is 0.0757. The minimum atomic E-state index is -4.79. The van der Waals surface area contributed by atoms with E-state index in [2.05, 4.69) is 0 Å². The van der Waals surface area contributed by atoms with Crippen LogP contribution in [0.3, 0.4) is 0 Å². The van der Waals surface area contributed by atoms with E-state index < -0.39 is 46.4 Å². The first-order valence-corrected chi connectivity index (χ1v) is 10.5. The van der Waals surface area contributed by atoms with Crippen LogP contribution in [0.5, 0.6) is 0 Å². The molecule has 1 fully saturated rings. The quantitative estimate of drug-likeness (QED) is 0.747. The van der Waals surface area contributed by atoms with Crippen molar-refractivity contribution in [3.05, 3.63) is 77.4 Å². The first-order chi connectivity index (χ1) is 13.6. The Bertz CT molecular complexity index is 1090. The summed E-state index contributed by atoms with van der Waals surface area (Å²) in [5, 5.41) is 0. The topological polar surface area (TPSA) is 54.5 Å². The number of aryl methyl sites for hydroxylation is 1. The normalized spacial score (nSPS) is 25.2. The van der Waals surface area contributed by atoms with Crippen molar-refractivity contribution in [3.8, 4) is 0 Å². The Morgan fingerprint density at radius 2 is 1.66 bits per heavy atom. The molecule has 2 aromatic carbocycles. The van der Waals surface area contributed by atoms with Gasteiger partial charge in [0.2, 0.25) is 10.0 Å². The molecule has 4 rings (SSSR count). The summed E-state index contributed by atoms with van der Waals surface area (Å²) in [6.45, 7) is 1.32. The molecule has 8 heteroatoms. The number of sulfonamides is 1. The highest BCUT2D eigenvalue weighted by atomic mass is 32.2. The van der Waals surface area contributed by atoms with Gasteiger partial charge in [-0.15, -0.1) is 0 Å². The molecule has 0 spiro atoms. The lowest BCUT2D eigenvalue weighted by Crippen LogP contribution is -2.44. The lowest BCUT2D eigenvalue weighted by molar-refractivity contribution is -0.217. The number of ketones is 1. The van der Waals surface area contributed by atoms with Crippen LogP contribution in [0.4, 0.5) is 13.2 Å². The monoisotopic (exact) mass is 421 g/mol. The van der Waals surface area contributed by atoms with Crippen molar-refractivity contribution in [2.75, 3.05) is 6.54 Å². The van der Waals surface area contributed by atoms with Crippen LogP contribution in [0.1, 0.15) is 23.6 Å². The molecule has 0 radical (unpaired) electrons. The highest BCUT2D eigenvalue weighted by Crippen LogP contribution is 2.64. The van der Waals surface area contributed by atoms with E-state index in [-0.39, 0.29) is 16.0 Å². The van der Waals surface area contributed by atoms with Crippen molar-refractivity contribution in [2.24, 2.45) is 5.41 Å². The van der Waals surface area contributed by atoms with Gasteiger partial charge in [-0.1, -0.05) is 48.0 Å². The van der Waals surface area contributed by atoms with Gasteiger partial charge in [-0.3, -0.25) is 4.79 Å². The van der Waals surface area contributed by atoms with Gasteiger partial charge in [0.05, 0.1) is 10.9 Å². The SMILES string of the molecule is Cc1ccc(S(=O)(=O)N2CC3=CC(=O)C[C@@]3(C(F)(F)F)[C@H]2c2ccccc2)cc1. The first-order valence-electron chi connectivity index (χ1n) is 9.01. The number of hydrogen-bond acceptors (Lipinski definition) is 3. The molecule has 2 atom stereocenters. The highest BCUT2D eigenvalue weighted by molar-refractivity contribution is 7.89. The van der Waals surface area contributed by atoms with Crippen molar-refractivity contribution >= 4 is 15.8 Å². The van der Waals surface area contributed by atoms with Gasteiger partial charge in [0, 0.05) is 13.0 Å². The fourth-order valence-corrected chi connectivity index (χ4v) is 5.96. The van der Waals surface area contributed by atoms with Crippen LogP contribution < -0.4 is 0 Å². The van der Waals surface area contributed by atoms with Crippen LogP contribution in [0.25, 0.3) is 0 Å². The summed E-state index contributed by atoms with van der Waals surface area (Å²) >= 11 is 0. The van der Waals surface area contributed by atoms with Crippen LogP contribution in [-0.2, 0) is 14.8 Å².